The fourth-order valence-corrected chi connectivity index (χ4v) is 1.87. The van der Waals surface area contributed by atoms with Crippen LogP contribution >= 0.6 is 0 Å². The number of carbonyl (C=O) groups excluding carboxylic acids is 3. The maximum Gasteiger partial charge on any atom is 0.251 e. The van der Waals surface area contributed by atoms with Crippen LogP contribution in [-0.4, -0.2) is 28.9 Å². The van der Waals surface area contributed by atoms with Gasteiger partial charge in [-0.25, -0.2) is 0 Å². The van der Waals surface area contributed by atoms with E-state index in [4.69, 9.17) is 0 Å². The zero-order valence-electron chi connectivity index (χ0n) is 10.4. The Morgan fingerprint density at radius 1 is 1.42 bits per heavy atom. The molecule has 1 saturated heterocycles. The number of benzene rings is 1. The highest BCUT2D eigenvalue weighted by atomic mass is 16.3. The van der Waals surface area contributed by atoms with Gasteiger partial charge in [0.25, 0.3) is 5.91 Å². The number of hydrogen-bond acceptors (Lipinski definition) is 4. The molecule has 1 aliphatic heterocycles. The van der Waals surface area contributed by atoms with Crippen LogP contribution in [0.5, 0.6) is 5.75 Å². The second kappa shape index (κ2) is 5.09. The van der Waals surface area contributed by atoms with Gasteiger partial charge in [-0.3, -0.25) is 19.7 Å². The van der Waals surface area contributed by atoms with Crippen molar-refractivity contribution in [3.05, 3.63) is 29.3 Å². The van der Waals surface area contributed by atoms with Gasteiger partial charge >= 0.3 is 0 Å². The second-order valence-electron chi connectivity index (χ2n) is 4.48. The average molecular weight is 262 g/mol. The van der Waals surface area contributed by atoms with Gasteiger partial charge in [0.05, 0.1) is 0 Å². The summed E-state index contributed by atoms with van der Waals surface area (Å²) in [5, 5.41) is 14.1. The molecule has 2 rings (SSSR count). The highest BCUT2D eigenvalue weighted by molar-refractivity contribution is 6.03. The molecule has 6 nitrogen and oxygen atoms in total. The first-order chi connectivity index (χ1) is 8.97. The van der Waals surface area contributed by atoms with Gasteiger partial charge in [0, 0.05) is 12.0 Å². The van der Waals surface area contributed by atoms with Crippen LogP contribution in [0.25, 0.3) is 0 Å². The van der Waals surface area contributed by atoms with E-state index in [0.717, 1.165) is 0 Å². The Morgan fingerprint density at radius 2 is 2.16 bits per heavy atom. The lowest BCUT2D eigenvalue weighted by Gasteiger charge is -2.21. The summed E-state index contributed by atoms with van der Waals surface area (Å²) in [5.74, 6) is -1.11. The van der Waals surface area contributed by atoms with Gasteiger partial charge < -0.3 is 10.4 Å². The van der Waals surface area contributed by atoms with Crippen molar-refractivity contribution in [2.45, 2.75) is 25.8 Å². The molecular weight excluding hydrogens is 248 g/mol. The molecule has 0 radical (unpaired) electrons. The molecule has 100 valence electrons. The first kappa shape index (κ1) is 13.1. The van der Waals surface area contributed by atoms with Crippen LogP contribution in [-0.2, 0) is 9.59 Å². The Hall–Kier alpha value is -2.37. The second-order valence-corrected chi connectivity index (χ2v) is 4.48. The molecule has 1 unspecified atom stereocenters. The highest BCUT2D eigenvalue weighted by Crippen LogP contribution is 2.17. The third-order valence-corrected chi connectivity index (χ3v) is 3.00. The number of hydrogen-bond donors (Lipinski definition) is 3. The molecule has 1 heterocycles. The van der Waals surface area contributed by atoms with E-state index in [1.165, 1.54) is 18.2 Å². The quantitative estimate of drug-likeness (QED) is 0.665. The summed E-state index contributed by atoms with van der Waals surface area (Å²) in [6, 6.07) is 3.74. The number of carbonyl (C=O) groups is 3. The number of piperidine rings is 1. The molecule has 0 saturated carbocycles. The summed E-state index contributed by atoms with van der Waals surface area (Å²) in [7, 11) is 0. The fourth-order valence-electron chi connectivity index (χ4n) is 1.87. The molecule has 3 N–H and O–H groups in total. The zero-order valence-corrected chi connectivity index (χ0v) is 10.4. The smallest absolute Gasteiger partial charge is 0.251 e. The van der Waals surface area contributed by atoms with Crippen molar-refractivity contribution in [2.75, 3.05) is 0 Å². The summed E-state index contributed by atoms with van der Waals surface area (Å²) in [6.07, 6.45) is 0.513. The van der Waals surface area contributed by atoms with Gasteiger partial charge in [-0.2, -0.15) is 0 Å². The van der Waals surface area contributed by atoms with E-state index in [1.807, 2.05) is 0 Å². The summed E-state index contributed by atoms with van der Waals surface area (Å²) < 4.78 is 0. The van der Waals surface area contributed by atoms with Gasteiger partial charge in [-0.1, -0.05) is 0 Å². The molecule has 1 atom stereocenters. The lowest BCUT2D eigenvalue weighted by atomic mass is 10.0. The predicted molar refractivity (Wildman–Crippen MR) is 66.5 cm³/mol. The molecule has 6 heteroatoms. The van der Waals surface area contributed by atoms with Crippen molar-refractivity contribution >= 4 is 17.7 Å². The lowest BCUT2D eigenvalue weighted by molar-refractivity contribution is -0.134. The number of phenolic OH excluding ortho intramolecular Hbond substituents is 1. The van der Waals surface area contributed by atoms with Crippen LogP contribution < -0.4 is 10.6 Å². The molecule has 1 fully saturated rings. The number of aromatic hydroxyl groups is 1. The van der Waals surface area contributed by atoms with Crippen LogP contribution in [0.1, 0.15) is 28.8 Å². The monoisotopic (exact) mass is 262 g/mol. The van der Waals surface area contributed by atoms with E-state index < -0.39 is 17.9 Å². The van der Waals surface area contributed by atoms with E-state index in [9.17, 15) is 19.5 Å². The maximum atomic E-state index is 11.9. The summed E-state index contributed by atoms with van der Waals surface area (Å²) in [4.78, 5) is 34.4. The molecule has 1 aliphatic rings. The first-order valence-corrected chi connectivity index (χ1v) is 5.91. The van der Waals surface area contributed by atoms with E-state index in [1.54, 1.807) is 6.92 Å². The largest absolute Gasteiger partial charge is 0.508 e. The molecule has 1 aromatic rings. The number of phenols is 1. The molecule has 0 spiro atoms. The summed E-state index contributed by atoms with van der Waals surface area (Å²) in [5.41, 5.74) is 0.941. The van der Waals surface area contributed by atoms with Gasteiger partial charge in [0.2, 0.25) is 11.8 Å². The predicted octanol–water partition coefficient (Wildman–Crippen LogP) is 0.236. The molecule has 3 amide bonds. The Labute approximate surface area is 109 Å². The third kappa shape index (κ3) is 2.90. The van der Waals surface area contributed by atoms with Crippen molar-refractivity contribution in [2.24, 2.45) is 0 Å². The normalized spacial score (nSPS) is 18.9. The molecular formula is C13H14N2O4. The van der Waals surface area contributed by atoms with Gasteiger partial charge in [-0.05, 0) is 37.1 Å². The van der Waals surface area contributed by atoms with Crippen molar-refractivity contribution in [1.29, 1.82) is 0 Å². The lowest BCUT2D eigenvalue weighted by Crippen LogP contribution is -2.52. The fraction of sp³-hybridized carbons (Fsp3) is 0.308. The summed E-state index contributed by atoms with van der Waals surface area (Å²) in [6.45, 7) is 1.68. The van der Waals surface area contributed by atoms with Crippen LogP contribution in [0.4, 0.5) is 0 Å². The van der Waals surface area contributed by atoms with Gasteiger partial charge in [0.1, 0.15) is 11.8 Å². The Kier molecular flexibility index (Phi) is 3.50. The Morgan fingerprint density at radius 3 is 2.79 bits per heavy atom. The minimum Gasteiger partial charge on any atom is -0.508 e. The number of nitrogens with one attached hydrogen (secondary N) is 2. The van der Waals surface area contributed by atoms with E-state index in [-0.39, 0.29) is 18.1 Å². The zero-order chi connectivity index (χ0) is 14.0. The highest BCUT2D eigenvalue weighted by Gasteiger charge is 2.28. The van der Waals surface area contributed by atoms with Gasteiger partial charge in [0.15, 0.2) is 0 Å². The SMILES string of the molecule is Cc1cc(C(=O)NC2CCC(=O)NC2=O)ccc1O. The molecule has 0 aromatic heterocycles. The molecule has 1 aromatic carbocycles. The van der Waals surface area contributed by atoms with E-state index in [2.05, 4.69) is 10.6 Å². The number of aryl methyl sites for hydroxylation is 1. The van der Waals surface area contributed by atoms with Crippen LogP contribution in [0.15, 0.2) is 18.2 Å². The van der Waals surface area contributed by atoms with Crippen LogP contribution in [0, 0.1) is 6.92 Å². The van der Waals surface area contributed by atoms with Crippen LogP contribution in [0.3, 0.4) is 0 Å². The maximum absolute atomic E-state index is 11.9. The third-order valence-electron chi connectivity index (χ3n) is 3.00. The number of amides is 3. The minimum absolute atomic E-state index is 0.109. The summed E-state index contributed by atoms with van der Waals surface area (Å²) >= 11 is 0. The van der Waals surface area contributed by atoms with Crippen molar-refractivity contribution in [3.8, 4) is 5.75 Å². The first-order valence-electron chi connectivity index (χ1n) is 5.91. The molecule has 0 bridgehead atoms. The number of imide groups is 1. The van der Waals surface area contributed by atoms with Crippen molar-refractivity contribution < 1.29 is 19.5 Å². The van der Waals surface area contributed by atoms with Crippen molar-refractivity contribution in [1.82, 2.24) is 10.6 Å². The van der Waals surface area contributed by atoms with Gasteiger partial charge in [-0.15, -0.1) is 0 Å². The minimum atomic E-state index is -0.695. The average Bonchev–Trinajstić information content (AvgIpc) is 2.36. The standard InChI is InChI=1S/C13H14N2O4/c1-7-6-8(2-4-10(7)16)12(18)14-9-3-5-11(17)15-13(9)19/h2,4,6,9,16H,3,5H2,1H3,(H,14,18)(H,15,17,19). The van der Waals surface area contributed by atoms with E-state index >= 15 is 0 Å². The topological polar surface area (TPSA) is 95.5 Å². The Bertz CT molecular complexity index is 554. The molecule has 19 heavy (non-hydrogen) atoms. The van der Waals surface area contributed by atoms with E-state index in [0.29, 0.717) is 17.5 Å². The van der Waals surface area contributed by atoms with Crippen molar-refractivity contribution in [3.63, 3.8) is 0 Å². The van der Waals surface area contributed by atoms with Crippen LogP contribution in [0.2, 0.25) is 0 Å². The number of rotatable bonds is 2. The molecule has 0 aliphatic carbocycles. The Balaban J connectivity index is 2.06.